The van der Waals surface area contributed by atoms with E-state index in [0.29, 0.717) is 48.5 Å². The lowest BCUT2D eigenvalue weighted by Crippen LogP contribution is -2.11. The molecule has 2 aromatic heterocycles. The van der Waals surface area contributed by atoms with E-state index in [1.807, 2.05) is 6.07 Å². The van der Waals surface area contributed by atoms with Crippen molar-refractivity contribution >= 4 is 43.6 Å². The minimum Gasteiger partial charge on any atom is -0.309 e. The van der Waals surface area contributed by atoms with E-state index in [4.69, 9.17) is 0 Å². The SMILES string of the molecule is N#Cc1ccccc1-c1cc(-n2c3ccc(-c4cc(C(F)(F)F)cc(C(F)(F)F)c4)cc3c3cc(-c4cc(C(F)(F)F)cc(C(F)(F)F)c4)ccc32)ccc1-n1c2ccc(-c3cc(C(F)(F)F)cc(C(F)(F)F)c3)cc2c2cc(-c3cc(C(F)(F)F)cc(C(F)(F)F)c3)ccc21. The summed E-state index contributed by atoms with van der Waals surface area (Å²) >= 11 is 0. The first-order chi connectivity index (χ1) is 44.5. The molecule has 12 rings (SSSR count). The zero-order chi connectivity index (χ0) is 69.5. The Balaban J connectivity index is 1.15. The number of hydrogen-bond donors (Lipinski definition) is 0. The molecule has 0 unspecified atom stereocenters. The lowest BCUT2D eigenvalue weighted by molar-refractivity contribution is -0.144. The Morgan fingerprint density at radius 1 is 0.240 bits per heavy atom. The molecule has 0 bridgehead atoms. The second-order valence-corrected chi connectivity index (χ2v) is 22.1. The second-order valence-electron chi connectivity index (χ2n) is 22.1. The molecule has 0 aliphatic heterocycles. The predicted molar refractivity (Wildman–Crippen MR) is 307 cm³/mol. The van der Waals surface area contributed by atoms with Gasteiger partial charge >= 0.3 is 49.4 Å². The van der Waals surface area contributed by atoms with Gasteiger partial charge < -0.3 is 9.13 Å². The smallest absolute Gasteiger partial charge is 0.309 e. The molecule has 490 valence electrons. The van der Waals surface area contributed by atoms with Crippen LogP contribution in [0.5, 0.6) is 0 Å². The molecule has 12 aromatic rings. The minimum atomic E-state index is -5.34. The van der Waals surface area contributed by atoms with Crippen LogP contribution in [0.3, 0.4) is 0 Å². The van der Waals surface area contributed by atoms with Gasteiger partial charge in [0.2, 0.25) is 0 Å². The number of nitrogens with zero attached hydrogens (tertiary/aromatic N) is 3. The van der Waals surface area contributed by atoms with Gasteiger partial charge in [0.15, 0.2) is 0 Å². The Morgan fingerprint density at radius 2 is 0.500 bits per heavy atom. The number of fused-ring (bicyclic) bond motifs is 6. The molecule has 0 spiro atoms. The fraction of sp³-hybridized carbons (Fsp3) is 0.116. The first kappa shape index (κ1) is 65.7. The highest BCUT2D eigenvalue weighted by Gasteiger charge is 2.42. The van der Waals surface area contributed by atoms with E-state index in [1.165, 1.54) is 75.9 Å². The molecule has 0 amide bonds. The normalized spacial score (nSPS) is 13.2. The first-order valence-corrected chi connectivity index (χ1v) is 27.5. The van der Waals surface area contributed by atoms with Crippen molar-refractivity contribution in [2.45, 2.75) is 49.4 Å². The fourth-order valence-corrected chi connectivity index (χ4v) is 11.7. The Labute approximate surface area is 522 Å². The molecule has 96 heavy (non-hydrogen) atoms. The third-order valence-electron chi connectivity index (χ3n) is 16.0. The van der Waals surface area contributed by atoms with Crippen LogP contribution in [0.4, 0.5) is 105 Å². The zero-order valence-electron chi connectivity index (χ0n) is 47.3. The van der Waals surface area contributed by atoms with Crippen molar-refractivity contribution in [3.63, 3.8) is 0 Å². The van der Waals surface area contributed by atoms with Gasteiger partial charge in [-0.25, -0.2) is 0 Å². The Bertz CT molecular complexity index is 4790. The van der Waals surface area contributed by atoms with Gasteiger partial charge in [0.25, 0.3) is 0 Å². The Kier molecular flexibility index (Phi) is 15.3. The van der Waals surface area contributed by atoms with Crippen LogP contribution in [0.25, 0.3) is 111 Å². The average molecular weight is 1360 g/mol. The molecule has 27 heteroatoms. The van der Waals surface area contributed by atoms with Crippen molar-refractivity contribution in [2.75, 3.05) is 0 Å². The summed E-state index contributed by atoms with van der Waals surface area (Å²) in [6.45, 7) is 0. The van der Waals surface area contributed by atoms with Crippen LogP contribution in [0.2, 0.25) is 0 Å². The number of rotatable bonds is 7. The van der Waals surface area contributed by atoms with Crippen LogP contribution in [0.1, 0.15) is 50.1 Å². The molecule has 0 radical (unpaired) electrons. The molecule has 0 atom stereocenters. The predicted octanol–water partition coefficient (Wildman–Crippen LogP) is 24.2. The van der Waals surface area contributed by atoms with Gasteiger partial charge in [0.1, 0.15) is 0 Å². The molecule has 0 saturated carbocycles. The summed E-state index contributed by atoms with van der Waals surface area (Å²) in [6.07, 6.45) is -42.7. The topological polar surface area (TPSA) is 33.6 Å². The van der Waals surface area contributed by atoms with Crippen LogP contribution in [0.15, 0.2) is 188 Å². The molecule has 10 aromatic carbocycles. The molecule has 2 heterocycles. The summed E-state index contributed by atoms with van der Waals surface area (Å²) < 4.78 is 346. The summed E-state index contributed by atoms with van der Waals surface area (Å²) in [6, 6.07) is 28.8. The van der Waals surface area contributed by atoms with Crippen LogP contribution < -0.4 is 0 Å². The van der Waals surface area contributed by atoms with Gasteiger partial charge in [0.05, 0.1) is 83.9 Å². The number of nitriles is 1. The van der Waals surface area contributed by atoms with E-state index in [2.05, 4.69) is 0 Å². The zero-order valence-corrected chi connectivity index (χ0v) is 47.3. The fourth-order valence-electron chi connectivity index (χ4n) is 11.7. The van der Waals surface area contributed by atoms with Crippen molar-refractivity contribution in [1.29, 1.82) is 5.26 Å². The number of benzene rings is 10. The number of halogens is 24. The van der Waals surface area contributed by atoms with Crippen LogP contribution >= 0.6 is 0 Å². The van der Waals surface area contributed by atoms with Gasteiger partial charge in [-0.15, -0.1) is 0 Å². The molecule has 3 nitrogen and oxygen atoms in total. The quantitative estimate of drug-likeness (QED) is 0.146. The number of alkyl halides is 24. The van der Waals surface area contributed by atoms with E-state index in [1.54, 1.807) is 0 Å². The van der Waals surface area contributed by atoms with Crippen LogP contribution in [-0.4, -0.2) is 9.13 Å². The van der Waals surface area contributed by atoms with Gasteiger partial charge in [-0.05, 0) is 190 Å². The minimum absolute atomic E-state index is 0.0147. The molecular formula is C69H31F24N3. The van der Waals surface area contributed by atoms with Crippen molar-refractivity contribution in [3.05, 3.63) is 238 Å². The van der Waals surface area contributed by atoms with E-state index in [0.717, 1.165) is 48.5 Å². The van der Waals surface area contributed by atoms with Crippen molar-refractivity contribution in [2.24, 2.45) is 0 Å². The van der Waals surface area contributed by atoms with Crippen molar-refractivity contribution < 1.29 is 105 Å². The third-order valence-corrected chi connectivity index (χ3v) is 16.0. The van der Waals surface area contributed by atoms with Gasteiger partial charge in [-0.2, -0.15) is 111 Å². The van der Waals surface area contributed by atoms with E-state index in [-0.39, 0.29) is 118 Å². The van der Waals surface area contributed by atoms with Crippen LogP contribution in [-0.2, 0) is 49.4 Å². The monoisotopic (exact) mass is 1360 g/mol. The average Bonchev–Trinajstić information content (AvgIpc) is 1.57. The van der Waals surface area contributed by atoms with E-state index >= 15 is 0 Å². The highest BCUT2D eigenvalue weighted by molar-refractivity contribution is 6.14. The summed E-state index contributed by atoms with van der Waals surface area (Å²) in [4.78, 5) is 0. The highest BCUT2D eigenvalue weighted by Crippen LogP contribution is 2.49. The molecular weight excluding hydrogens is 1330 g/mol. The standard InChI is InChI=1S/C69H31F24N3/c70-62(71,72)42-15-38(16-43(27-42)63(73,74)75)33-5-10-57-52(23-33)53-24-34(39-17-44(64(76,77)78)28-45(18-39)65(79,80)81)6-11-58(53)95(57)50-9-14-61(56(31-50)51-4-2-1-3-37(51)32-94)96-59-12-7-35(40-19-46(66(82,83)84)29-47(20-40)67(85,86)87)25-54(59)55-26-36(8-13-60(55)96)41-21-48(68(88,89)90)30-49(22-41)69(91,92)93/h1-31H. The van der Waals surface area contributed by atoms with Gasteiger partial charge in [-0.1, -0.05) is 42.5 Å². The molecule has 0 aliphatic rings. The van der Waals surface area contributed by atoms with Crippen molar-refractivity contribution in [1.82, 2.24) is 9.13 Å². The molecule has 0 aliphatic carbocycles. The summed E-state index contributed by atoms with van der Waals surface area (Å²) in [5.74, 6) is 0. The largest absolute Gasteiger partial charge is 0.416 e. The summed E-state index contributed by atoms with van der Waals surface area (Å²) in [5.41, 5.74) is -17.3. The Morgan fingerprint density at radius 3 is 0.760 bits per heavy atom. The molecule has 0 fully saturated rings. The summed E-state index contributed by atoms with van der Waals surface area (Å²) in [5, 5.41) is 10.3. The van der Waals surface area contributed by atoms with Gasteiger partial charge in [0, 0.05) is 38.4 Å². The van der Waals surface area contributed by atoms with Gasteiger partial charge in [-0.3, -0.25) is 0 Å². The maximum atomic E-state index is 14.3. The Hall–Kier alpha value is -10.4. The molecule has 0 N–H and O–H groups in total. The maximum Gasteiger partial charge on any atom is 0.416 e. The number of hydrogen-bond acceptors (Lipinski definition) is 1. The van der Waals surface area contributed by atoms with E-state index in [9.17, 15) is 111 Å². The third kappa shape index (κ3) is 12.3. The lowest BCUT2D eigenvalue weighted by Gasteiger charge is -2.18. The highest BCUT2D eigenvalue weighted by atomic mass is 19.4. The molecule has 0 saturated heterocycles. The summed E-state index contributed by atoms with van der Waals surface area (Å²) in [7, 11) is 0. The lowest BCUT2D eigenvalue weighted by atomic mass is 9.96. The van der Waals surface area contributed by atoms with Crippen LogP contribution in [0, 0.1) is 11.3 Å². The maximum absolute atomic E-state index is 14.3. The van der Waals surface area contributed by atoms with Crippen molar-refractivity contribution in [3.8, 4) is 73.1 Å². The van der Waals surface area contributed by atoms with E-state index < -0.39 is 116 Å². The number of aromatic nitrogens is 2. The second kappa shape index (κ2) is 22.4. The first-order valence-electron chi connectivity index (χ1n) is 27.5.